The fourth-order valence-corrected chi connectivity index (χ4v) is 2.18. The number of carbonyl (C=O) groups excluding carboxylic acids is 2. The maximum absolute atomic E-state index is 13.6. The standard InChI is InChI=1S/C15H12BrFN2O2/c16-11-3-6-13(17)10(7-11)8-14(20)19-12-4-1-9(2-5-12)15(18)21/h1-7H,8H2,(H2,18,21)(H,19,20). The largest absolute Gasteiger partial charge is 0.366 e. The van der Waals surface area contributed by atoms with Gasteiger partial charge in [0.15, 0.2) is 0 Å². The van der Waals surface area contributed by atoms with Crippen molar-refractivity contribution < 1.29 is 14.0 Å². The number of primary amides is 1. The lowest BCUT2D eigenvalue weighted by Crippen LogP contribution is -2.16. The Morgan fingerprint density at radius 3 is 2.43 bits per heavy atom. The van der Waals surface area contributed by atoms with E-state index in [-0.39, 0.29) is 12.3 Å². The molecule has 0 saturated carbocycles. The molecule has 21 heavy (non-hydrogen) atoms. The molecule has 0 aliphatic carbocycles. The van der Waals surface area contributed by atoms with Gasteiger partial charge in [-0.05, 0) is 48.0 Å². The maximum atomic E-state index is 13.6. The van der Waals surface area contributed by atoms with Crippen molar-refractivity contribution in [1.82, 2.24) is 0 Å². The van der Waals surface area contributed by atoms with E-state index in [0.29, 0.717) is 21.3 Å². The zero-order chi connectivity index (χ0) is 15.4. The van der Waals surface area contributed by atoms with E-state index in [0.717, 1.165) is 0 Å². The van der Waals surface area contributed by atoms with Gasteiger partial charge in [-0.15, -0.1) is 0 Å². The van der Waals surface area contributed by atoms with Crippen LogP contribution in [0.3, 0.4) is 0 Å². The molecule has 0 fully saturated rings. The molecule has 2 aromatic rings. The van der Waals surface area contributed by atoms with Crippen LogP contribution >= 0.6 is 15.9 Å². The van der Waals surface area contributed by atoms with Crippen molar-refractivity contribution in [3.8, 4) is 0 Å². The molecule has 0 atom stereocenters. The lowest BCUT2D eigenvalue weighted by atomic mass is 10.1. The monoisotopic (exact) mass is 350 g/mol. The number of amides is 2. The molecule has 6 heteroatoms. The summed E-state index contributed by atoms with van der Waals surface area (Å²) >= 11 is 3.23. The molecule has 4 nitrogen and oxygen atoms in total. The quantitative estimate of drug-likeness (QED) is 0.889. The smallest absolute Gasteiger partial charge is 0.248 e. The predicted octanol–water partition coefficient (Wildman–Crippen LogP) is 2.87. The van der Waals surface area contributed by atoms with E-state index in [4.69, 9.17) is 5.73 Å². The third-order valence-corrected chi connectivity index (χ3v) is 3.31. The van der Waals surface area contributed by atoms with E-state index in [9.17, 15) is 14.0 Å². The van der Waals surface area contributed by atoms with Gasteiger partial charge in [0, 0.05) is 15.7 Å². The average molecular weight is 351 g/mol. The topological polar surface area (TPSA) is 72.2 Å². The van der Waals surface area contributed by atoms with Gasteiger partial charge in [-0.1, -0.05) is 15.9 Å². The Hall–Kier alpha value is -2.21. The van der Waals surface area contributed by atoms with E-state index in [1.165, 1.54) is 18.2 Å². The van der Waals surface area contributed by atoms with Crippen LogP contribution in [-0.2, 0) is 11.2 Å². The minimum atomic E-state index is -0.538. The number of anilines is 1. The Morgan fingerprint density at radius 1 is 1.14 bits per heavy atom. The van der Waals surface area contributed by atoms with Gasteiger partial charge in [0.25, 0.3) is 0 Å². The highest BCUT2D eigenvalue weighted by molar-refractivity contribution is 9.10. The molecule has 0 aliphatic heterocycles. The number of rotatable bonds is 4. The first-order chi connectivity index (χ1) is 9.95. The van der Waals surface area contributed by atoms with Crippen molar-refractivity contribution in [1.29, 1.82) is 0 Å². The van der Waals surface area contributed by atoms with Crippen molar-refractivity contribution in [2.24, 2.45) is 5.73 Å². The molecule has 2 aromatic carbocycles. The normalized spacial score (nSPS) is 10.2. The first-order valence-electron chi connectivity index (χ1n) is 6.09. The van der Waals surface area contributed by atoms with Gasteiger partial charge in [0.1, 0.15) is 5.82 Å². The molecule has 0 radical (unpaired) electrons. The fourth-order valence-electron chi connectivity index (χ4n) is 1.77. The molecule has 3 N–H and O–H groups in total. The summed E-state index contributed by atoms with van der Waals surface area (Å²) in [6.07, 6.45) is -0.0805. The number of halogens is 2. The second-order valence-electron chi connectivity index (χ2n) is 4.40. The average Bonchev–Trinajstić information content (AvgIpc) is 2.43. The SMILES string of the molecule is NC(=O)c1ccc(NC(=O)Cc2cc(Br)ccc2F)cc1. The summed E-state index contributed by atoms with van der Waals surface area (Å²) in [6.45, 7) is 0. The van der Waals surface area contributed by atoms with Gasteiger partial charge < -0.3 is 11.1 Å². The molecule has 0 aliphatic rings. The Morgan fingerprint density at radius 2 is 1.81 bits per heavy atom. The Balaban J connectivity index is 2.04. The lowest BCUT2D eigenvalue weighted by Gasteiger charge is -2.07. The molecule has 108 valence electrons. The van der Waals surface area contributed by atoms with Crippen molar-refractivity contribution >= 4 is 33.4 Å². The van der Waals surface area contributed by atoms with Crippen molar-refractivity contribution in [2.75, 3.05) is 5.32 Å². The number of carbonyl (C=O) groups is 2. The number of hydrogen-bond acceptors (Lipinski definition) is 2. The lowest BCUT2D eigenvalue weighted by molar-refractivity contribution is -0.115. The second-order valence-corrected chi connectivity index (χ2v) is 5.32. The Labute approximate surface area is 129 Å². The minimum Gasteiger partial charge on any atom is -0.366 e. The summed E-state index contributed by atoms with van der Waals surface area (Å²) < 4.78 is 14.3. The minimum absolute atomic E-state index is 0.0805. The van der Waals surface area contributed by atoms with E-state index < -0.39 is 11.7 Å². The first-order valence-corrected chi connectivity index (χ1v) is 6.88. The van der Waals surface area contributed by atoms with Crippen LogP contribution in [0.1, 0.15) is 15.9 Å². The second kappa shape index (κ2) is 6.49. The molecule has 0 unspecified atom stereocenters. The van der Waals surface area contributed by atoms with E-state index in [1.807, 2.05) is 0 Å². The van der Waals surface area contributed by atoms with Crippen LogP contribution in [0.4, 0.5) is 10.1 Å². The van der Waals surface area contributed by atoms with E-state index >= 15 is 0 Å². The molecule has 0 bridgehead atoms. The summed E-state index contributed by atoms with van der Waals surface area (Å²) in [7, 11) is 0. The maximum Gasteiger partial charge on any atom is 0.248 e. The van der Waals surface area contributed by atoms with E-state index in [1.54, 1.807) is 24.3 Å². The number of nitrogens with two attached hydrogens (primary N) is 1. The molecule has 0 heterocycles. The van der Waals surface area contributed by atoms with Gasteiger partial charge >= 0.3 is 0 Å². The highest BCUT2D eigenvalue weighted by Crippen LogP contribution is 2.17. The number of benzene rings is 2. The van der Waals surface area contributed by atoms with E-state index in [2.05, 4.69) is 21.2 Å². The molecule has 0 spiro atoms. The Kier molecular flexibility index (Phi) is 4.70. The zero-order valence-corrected chi connectivity index (χ0v) is 12.5. The van der Waals surface area contributed by atoms with Crippen LogP contribution in [0.25, 0.3) is 0 Å². The molecule has 0 aromatic heterocycles. The van der Waals surface area contributed by atoms with Crippen LogP contribution in [0, 0.1) is 5.82 Å². The summed E-state index contributed by atoms with van der Waals surface area (Å²) in [5, 5.41) is 2.63. The van der Waals surface area contributed by atoms with Crippen LogP contribution in [0.2, 0.25) is 0 Å². The molecule has 2 rings (SSSR count). The molecule has 2 amide bonds. The van der Waals surface area contributed by atoms with Crippen LogP contribution < -0.4 is 11.1 Å². The summed E-state index contributed by atoms with van der Waals surface area (Å²) in [5.74, 6) is -1.32. The third-order valence-electron chi connectivity index (χ3n) is 2.81. The van der Waals surface area contributed by atoms with Crippen LogP contribution in [0.5, 0.6) is 0 Å². The van der Waals surface area contributed by atoms with Crippen molar-refractivity contribution in [3.05, 3.63) is 63.9 Å². The predicted molar refractivity (Wildman–Crippen MR) is 81.4 cm³/mol. The first kappa shape index (κ1) is 15.2. The van der Waals surface area contributed by atoms with Crippen LogP contribution in [-0.4, -0.2) is 11.8 Å². The van der Waals surface area contributed by atoms with Gasteiger partial charge in [0.2, 0.25) is 11.8 Å². The highest BCUT2D eigenvalue weighted by Gasteiger charge is 2.09. The Bertz CT molecular complexity index is 687. The highest BCUT2D eigenvalue weighted by atomic mass is 79.9. The van der Waals surface area contributed by atoms with Crippen molar-refractivity contribution in [2.45, 2.75) is 6.42 Å². The molecular weight excluding hydrogens is 339 g/mol. The van der Waals surface area contributed by atoms with Gasteiger partial charge in [-0.2, -0.15) is 0 Å². The van der Waals surface area contributed by atoms with Gasteiger partial charge in [0.05, 0.1) is 6.42 Å². The molecule has 0 saturated heterocycles. The number of hydrogen-bond donors (Lipinski definition) is 2. The van der Waals surface area contributed by atoms with Crippen molar-refractivity contribution in [3.63, 3.8) is 0 Å². The number of nitrogens with one attached hydrogen (secondary N) is 1. The fraction of sp³-hybridized carbons (Fsp3) is 0.0667. The molecular formula is C15H12BrFN2O2. The summed E-state index contributed by atoms with van der Waals surface area (Å²) in [5.41, 5.74) is 6.29. The van der Waals surface area contributed by atoms with Gasteiger partial charge in [-0.25, -0.2) is 4.39 Å². The zero-order valence-electron chi connectivity index (χ0n) is 10.9. The summed E-state index contributed by atoms with van der Waals surface area (Å²) in [4.78, 5) is 22.8. The van der Waals surface area contributed by atoms with Gasteiger partial charge in [-0.3, -0.25) is 9.59 Å². The summed E-state index contributed by atoms with van der Waals surface area (Å²) in [6, 6.07) is 10.6. The van der Waals surface area contributed by atoms with Crippen LogP contribution in [0.15, 0.2) is 46.9 Å². The third kappa shape index (κ3) is 4.13.